The summed E-state index contributed by atoms with van der Waals surface area (Å²) in [5.74, 6) is -4.37. The van der Waals surface area contributed by atoms with Gasteiger partial charge >= 0.3 is 21.1 Å². The summed E-state index contributed by atoms with van der Waals surface area (Å²) in [6.07, 6.45) is 4.80. The Balaban J connectivity index is -0.0000000873. The predicted molar refractivity (Wildman–Crippen MR) is 51.7 cm³/mol. The topological polar surface area (TPSA) is 195 Å². The number of rotatable bonds is 0. The van der Waals surface area contributed by atoms with Gasteiger partial charge in [-0.1, -0.05) is 12.8 Å². The van der Waals surface area contributed by atoms with E-state index >= 15 is 0 Å². The average molecular weight is 433 g/mol. The fourth-order valence-corrected chi connectivity index (χ4v) is 1.19. The molecule has 0 aromatic carbocycles. The first kappa shape index (κ1) is 25.3. The molecule has 17 heavy (non-hydrogen) atoms. The van der Waals surface area contributed by atoms with Crippen molar-refractivity contribution in [3.05, 3.63) is 0 Å². The minimum absolute atomic E-state index is 0. The second kappa shape index (κ2) is 13.5. The molecule has 1 saturated carbocycles. The number of hydrogen-bond acceptors (Lipinski definition) is 6. The van der Waals surface area contributed by atoms with Gasteiger partial charge in [0, 0.05) is 12.1 Å². The van der Waals surface area contributed by atoms with Crippen molar-refractivity contribution in [3.8, 4) is 0 Å². The first-order valence-corrected chi connectivity index (χ1v) is 4.38. The summed E-state index contributed by atoms with van der Waals surface area (Å²) in [7, 11) is 0. The monoisotopic (exact) mass is 433 g/mol. The summed E-state index contributed by atoms with van der Waals surface area (Å²) in [5, 5.41) is 17.9. The molecule has 0 aromatic heterocycles. The standard InChI is InChI=1S/C6H14N2.C2H2O4.2H2O.Pt/c7-5-3-1-2-4-6(5)8;3-1(4)2(5)6;;;/h5-6H,1-4,7-8H2;(H,3,4)(H,5,6);2*1H2;/q;;;;+4/p-2/t5-,6-;;;;/m1..../s1. The Morgan fingerprint density at radius 1 is 0.882 bits per heavy atom. The maximum Gasteiger partial charge on any atom is 4.00 e. The van der Waals surface area contributed by atoms with Crippen molar-refractivity contribution < 1.29 is 51.8 Å². The molecule has 0 bridgehead atoms. The molecule has 0 aliphatic heterocycles. The maximum atomic E-state index is 8.93. The van der Waals surface area contributed by atoms with Crippen LogP contribution >= 0.6 is 0 Å². The third-order valence-corrected chi connectivity index (χ3v) is 2.04. The van der Waals surface area contributed by atoms with E-state index in [0.29, 0.717) is 0 Å². The van der Waals surface area contributed by atoms with Crippen molar-refractivity contribution in [1.82, 2.24) is 0 Å². The summed E-state index contributed by atoms with van der Waals surface area (Å²) >= 11 is 0. The van der Waals surface area contributed by atoms with Gasteiger partial charge in [0.2, 0.25) is 0 Å². The molecule has 1 rings (SSSR count). The molecule has 0 aromatic rings. The Kier molecular flexibility index (Phi) is 20.2. The molecule has 0 amide bonds. The van der Waals surface area contributed by atoms with Gasteiger partial charge in [-0.2, -0.15) is 0 Å². The molecule has 0 heterocycles. The van der Waals surface area contributed by atoms with E-state index in [1.165, 1.54) is 12.8 Å². The van der Waals surface area contributed by atoms with Crippen LogP contribution in [0.15, 0.2) is 0 Å². The first-order valence-electron chi connectivity index (χ1n) is 4.38. The Labute approximate surface area is 113 Å². The van der Waals surface area contributed by atoms with Gasteiger partial charge in [0.15, 0.2) is 0 Å². The molecular formula is C8H18N2O6Pt+2. The zero-order valence-electron chi connectivity index (χ0n) is 9.09. The minimum atomic E-state index is -2.19. The molecule has 2 atom stereocenters. The molecule has 0 radical (unpaired) electrons. The van der Waals surface area contributed by atoms with Crippen LogP contribution in [-0.2, 0) is 30.7 Å². The molecule has 1 aliphatic carbocycles. The SMILES string of the molecule is N[C@@H]1CCCC[C@H]1N.O.O.O=C([O-])C(=O)[O-].[Pt+4]. The average Bonchev–Trinajstić information content (AvgIpc) is 2.11. The second-order valence-corrected chi connectivity index (χ2v) is 3.19. The van der Waals surface area contributed by atoms with Gasteiger partial charge in [-0.15, -0.1) is 0 Å². The second-order valence-electron chi connectivity index (χ2n) is 3.19. The number of aliphatic carboxylic acids is 2. The molecule has 0 unspecified atom stereocenters. The zero-order chi connectivity index (χ0) is 11.1. The van der Waals surface area contributed by atoms with Crippen molar-refractivity contribution in [1.29, 1.82) is 0 Å². The van der Waals surface area contributed by atoms with Gasteiger partial charge in [0.25, 0.3) is 0 Å². The summed E-state index contributed by atoms with van der Waals surface area (Å²) < 4.78 is 0. The number of nitrogens with two attached hydrogens (primary N) is 2. The van der Waals surface area contributed by atoms with E-state index in [1.807, 2.05) is 0 Å². The van der Waals surface area contributed by atoms with Crippen LogP contribution in [0.1, 0.15) is 25.7 Å². The van der Waals surface area contributed by atoms with Crippen LogP contribution in [0.25, 0.3) is 0 Å². The van der Waals surface area contributed by atoms with Gasteiger partial charge in [0.1, 0.15) is 0 Å². The molecule has 1 aliphatic rings. The molecule has 104 valence electrons. The Bertz CT molecular complexity index is 194. The Morgan fingerprint density at radius 3 is 1.24 bits per heavy atom. The maximum absolute atomic E-state index is 8.93. The van der Waals surface area contributed by atoms with E-state index < -0.39 is 11.9 Å². The number of carboxylic acid groups (broad SMARTS) is 2. The quantitative estimate of drug-likeness (QED) is 0.359. The number of hydrogen-bond donors (Lipinski definition) is 2. The van der Waals surface area contributed by atoms with Crippen molar-refractivity contribution >= 4 is 11.9 Å². The molecule has 1 fully saturated rings. The molecule has 8 N–H and O–H groups in total. The largest absolute Gasteiger partial charge is 4.00 e. The van der Waals surface area contributed by atoms with Crippen LogP contribution < -0.4 is 21.7 Å². The van der Waals surface area contributed by atoms with Crippen LogP contribution in [0.5, 0.6) is 0 Å². The number of carboxylic acids is 2. The van der Waals surface area contributed by atoms with Crippen LogP contribution in [0.2, 0.25) is 0 Å². The number of carbonyl (C=O) groups is 2. The van der Waals surface area contributed by atoms with Crippen LogP contribution in [0.4, 0.5) is 0 Å². The first-order chi connectivity index (χ1) is 6.45. The van der Waals surface area contributed by atoms with Crippen LogP contribution in [0, 0.1) is 0 Å². The van der Waals surface area contributed by atoms with Gasteiger partial charge in [-0.3, -0.25) is 0 Å². The van der Waals surface area contributed by atoms with E-state index in [-0.39, 0.29) is 44.1 Å². The summed E-state index contributed by atoms with van der Waals surface area (Å²) in [6, 6.07) is 0.562. The minimum Gasteiger partial charge on any atom is -0.543 e. The molecule has 0 spiro atoms. The predicted octanol–water partition coefficient (Wildman–Crippen LogP) is -4.95. The summed E-state index contributed by atoms with van der Waals surface area (Å²) in [6.45, 7) is 0. The van der Waals surface area contributed by atoms with Gasteiger partial charge in [0.05, 0.1) is 11.9 Å². The third kappa shape index (κ3) is 13.4. The van der Waals surface area contributed by atoms with E-state index in [1.54, 1.807) is 0 Å². The fourth-order valence-electron chi connectivity index (χ4n) is 1.19. The van der Waals surface area contributed by atoms with E-state index in [0.717, 1.165) is 12.8 Å². The van der Waals surface area contributed by atoms with Crippen molar-refractivity contribution in [2.45, 2.75) is 37.8 Å². The fraction of sp³-hybridized carbons (Fsp3) is 0.750. The van der Waals surface area contributed by atoms with E-state index in [9.17, 15) is 0 Å². The van der Waals surface area contributed by atoms with Crippen molar-refractivity contribution in [2.24, 2.45) is 11.5 Å². The zero-order valence-corrected chi connectivity index (χ0v) is 11.4. The van der Waals surface area contributed by atoms with E-state index in [2.05, 4.69) is 0 Å². The van der Waals surface area contributed by atoms with Crippen LogP contribution in [0.3, 0.4) is 0 Å². The normalized spacial score (nSPS) is 21.3. The van der Waals surface area contributed by atoms with Crippen molar-refractivity contribution in [3.63, 3.8) is 0 Å². The van der Waals surface area contributed by atoms with Crippen LogP contribution in [-0.4, -0.2) is 35.0 Å². The third-order valence-electron chi connectivity index (χ3n) is 2.04. The van der Waals surface area contributed by atoms with Crippen molar-refractivity contribution in [2.75, 3.05) is 0 Å². The Hall–Kier alpha value is -0.532. The summed E-state index contributed by atoms with van der Waals surface area (Å²) in [5.41, 5.74) is 11.3. The molecule has 9 heteroatoms. The summed E-state index contributed by atoms with van der Waals surface area (Å²) in [4.78, 5) is 17.9. The van der Waals surface area contributed by atoms with Gasteiger partial charge in [-0.05, 0) is 12.8 Å². The Morgan fingerprint density at radius 2 is 1.12 bits per heavy atom. The molecule has 8 nitrogen and oxygen atoms in total. The van der Waals surface area contributed by atoms with Gasteiger partial charge in [-0.25, -0.2) is 0 Å². The smallest absolute Gasteiger partial charge is 0.543 e. The molecule has 0 saturated heterocycles. The number of carbonyl (C=O) groups excluding carboxylic acids is 2. The molecular weight excluding hydrogens is 415 g/mol. The van der Waals surface area contributed by atoms with E-state index in [4.69, 9.17) is 31.3 Å². The van der Waals surface area contributed by atoms with Gasteiger partial charge < -0.3 is 42.2 Å².